The Morgan fingerprint density at radius 1 is 1.19 bits per heavy atom. The number of nitrogen functional groups attached to an aromatic ring is 1. The Labute approximate surface area is 124 Å². The third-order valence-electron chi connectivity index (χ3n) is 2.76. The summed E-state index contributed by atoms with van der Waals surface area (Å²) in [4.78, 5) is 3.65. The van der Waals surface area contributed by atoms with Gasteiger partial charge in [0.2, 0.25) is 0 Å². The highest BCUT2D eigenvalue weighted by Crippen LogP contribution is 2.28. The molecular formula is C13H10FN3O2S2. The molecule has 108 valence electrons. The summed E-state index contributed by atoms with van der Waals surface area (Å²) in [6, 6.07) is 10.6. The number of thiazole rings is 1. The van der Waals surface area contributed by atoms with Gasteiger partial charge in [-0.3, -0.25) is 4.72 Å². The molecule has 8 heteroatoms. The van der Waals surface area contributed by atoms with Crippen molar-refractivity contribution < 1.29 is 12.8 Å². The maximum atomic E-state index is 13.7. The minimum Gasteiger partial charge on any atom is -0.399 e. The van der Waals surface area contributed by atoms with Crippen LogP contribution in [0.1, 0.15) is 0 Å². The molecular weight excluding hydrogens is 313 g/mol. The van der Waals surface area contributed by atoms with Gasteiger partial charge in [-0.15, -0.1) is 0 Å². The van der Waals surface area contributed by atoms with Gasteiger partial charge in [-0.2, -0.15) is 0 Å². The molecule has 0 aliphatic rings. The molecule has 0 unspecified atom stereocenters. The summed E-state index contributed by atoms with van der Waals surface area (Å²) < 4.78 is 41.2. The summed E-state index contributed by atoms with van der Waals surface area (Å²) in [5, 5.41) is 0.179. The summed E-state index contributed by atoms with van der Waals surface area (Å²) >= 11 is 1.17. The number of nitrogens with two attached hydrogens (primary N) is 1. The van der Waals surface area contributed by atoms with Gasteiger partial charge >= 0.3 is 0 Å². The molecule has 3 N–H and O–H groups in total. The second-order valence-electron chi connectivity index (χ2n) is 4.28. The van der Waals surface area contributed by atoms with Crippen molar-refractivity contribution in [2.24, 2.45) is 0 Å². The number of sulfonamides is 1. The maximum absolute atomic E-state index is 13.7. The number of para-hydroxylation sites is 1. The van der Waals surface area contributed by atoms with Gasteiger partial charge in [-0.1, -0.05) is 23.5 Å². The number of fused-ring (bicyclic) bond motifs is 1. The summed E-state index contributed by atoms with van der Waals surface area (Å²) in [6.07, 6.45) is 0. The molecule has 1 aromatic heterocycles. The standard InChI is InChI=1S/C13H10FN3O2S2/c14-9-6-5-8(15)7-12(9)21(18,19)17-13-16-10-3-1-2-4-11(10)20-13/h1-7H,15H2,(H,16,17). The first-order valence-corrected chi connectivity index (χ1v) is 8.19. The fourth-order valence-electron chi connectivity index (χ4n) is 1.81. The number of halogens is 1. The molecule has 0 fully saturated rings. The van der Waals surface area contributed by atoms with Crippen LogP contribution in [0.3, 0.4) is 0 Å². The van der Waals surface area contributed by atoms with Gasteiger partial charge in [0.05, 0.1) is 10.2 Å². The van der Waals surface area contributed by atoms with Gasteiger partial charge in [0.1, 0.15) is 10.7 Å². The van der Waals surface area contributed by atoms with Crippen molar-refractivity contribution in [2.45, 2.75) is 4.90 Å². The lowest BCUT2D eigenvalue weighted by atomic mass is 10.3. The summed E-state index contributed by atoms with van der Waals surface area (Å²) in [5.74, 6) is -0.863. The Morgan fingerprint density at radius 3 is 2.71 bits per heavy atom. The van der Waals surface area contributed by atoms with Crippen molar-refractivity contribution in [3.63, 3.8) is 0 Å². The van der Waals surface area contributed by atoms with E-state index < -0.39 is 20.7 Å². The molecule has 0 amide bonds. The van der Waals surface area contributed by atoms with E-state index in [1.807, 2.05) is 12.1 Å². The molecule has 0 saturated heterocycles. The van der Waals surface area contributed by atoms with Crippen molar-refractivity contribution in [3.05, 3.63) is 48.3 Å². The van der Waals surface area contributed by atoms with Crippen LogP contribution >= 0.6 is 11.3 Å². The van der Waals surface area contributed by atoms with Crippen LogP contribution in [0.25, 0.3) is 10.2 Å². The number of hydrogen-bond acceptors (Lipinski definition) is 5. The summed E-state index contributed by atoms with van der Waals surface area (Å²) in [5.41, 5.74) is 6.35. The monoisotopic (exact) mass is 323 g/mol. The van der Waals surface area contributed by atoms with Crippen molar-refractivity contribution in [3.8, 4) is 0 Å². The first kappa shape index (κ1) is 13.8. The second kappa shape index (κ2) is 4.97. The predicted octanol–water partition coefficient (Wildman–Crippen LogP) is 2.82. The van der Waals surface area contributed by atoms with Crippen LogP contribution < -0.4 is 10.5 Å². The van der Waals surface area contributed by atoms with E-state index in [0.717, 1.165) is 16.8 Å². The van der Waals surface area contributed by atoms with Crippen molar-refractivity contribution in [2.75, 3.05) is 10.5 Å². The Hall–Kier alpha value is -2.19. The van der Waals surface area contributed by atoms with E-state index in [-0.39, 0.29) is 10.8 Å². The van der Waals surface area contributed by atoms with E-state index in [4.69, 9.17) is 5.73 Å². The molecule has 0 atom stereocenters. The minimum absolute atomic E-state index is 0.168. The molecule has 0 saturated carbocycles. The van der Waals surface area contributed by atoms with Crippen LogP contribution in [0.4, 0.5) is 15.2 Å². The van der Waals surface area contributed by atoms with Gasteiger partial charge in [-0.25, -0.2) is 17.8 Å². The van der Waals surface area contributed by atoms with E-state index in [2.05, 4.69) is 9.71 Å². The zero-order valence-electron chi connectivity index (χ0n) is 10.6. The van der Waals surface area contributed by atoms with Gasteiger partial charge in [0, 0.05) is 5.69 Å². The average molecular weight is 323 g/mol. The van der Waals surface area contributed by atoms with Crippen molar-refractivity contribution in [1.29, 1.82) is 0 Å². The molecule has 0 aliphatic carbocycles. The Morgan fingerprint density at radius 2 is 1.95 bits per heavy atom. The van der Waals surface area contributed by atoms with Crippen LogP contribution in [-0.4, -0.2) is 13.4 Å². The molecule has 0 spiro atoms. The molecule has 5 nitrogen and oxygen atoms in total. The molecule has 0 aliphatic heterocycles. The maximum Gasteiger partial charge on any atom is 0.266 e. The number of anilines is 2. The Balaban J connectivity index is 2.01. The number of hydrogen-bond donors (Lipinski definition) is 2. The number of aromatic nitrogens is 1. The summed E-state index contributed by atoms with van der Waals surface area (Å²) in [6.45, 7) is 0. The minimum atomic E-state index is -4.07. The van der Waals surface area contributed by atoms with Crippen LogP contribution in [0.5, 0.6) is 0 Å². The molecule has 0 radical (unpaired) electrons. The van der Waals surface area contributed by atoms with Gasteiger partial charge in [0.15, 0.2) is 5.13 Å². The quantitative estimate of drug-likeness (QED) is 0.726. The number of rotatable bonds is 3. The zero-order valence-corrected chi connectivity index (χ0v) is 12.2. The Bertz CT molecular complexity index is 889. The molecule has 3 rings (SSSR count). The van der Waals surface area contributed by atoms with Crippen LogP contribution in [0, 0.1) is 5.82 Å². The number of nitrogens with zero attached hydrogens (tertiary/aromatic N) is 1. The third-order valence-corrected chi connectivity index (χ3v) is 5.20. The van der Waals surface area contributed by atoms with E-state index >= 15 is 0 Å². The molecule has 1 heterocycles. The number of benzene rings is 2. The first-order chi connectivity index (χ1) is 9.95. The fraction of sp³-hybridized carbons (Fsp3) is 0. The lowest BCUT2D eigenvalue weighted by Gasteiger charge is -2.06. The van der Waals surface area contributed by atoms with Crippen LogP contribution in [-0.2, 0) is 10.0 Å². The molecule has 0 bridgehead atoms. The smallest absolute Gasteiger partial charge is 0.266 e. The fourth-order valence-corrected chi connectivity index (χ4v) is 4.03. The third kappa shape index (κ3) is 2.67. The van der Waals surface area contributed by atoms with Crippen molar-refractivity contribution >= 4 is 42.4 Å². The van der Waals surface area contributed by atoms with E-state index in [0.29, 0.717) is 5.52 Å². The van der Waals surface area contributed by atoms with Crippen LogP contribution in [0.2, 0.25) is 0 Å². The van der Waals surface area contributed by atoms with E-state index in [9.17, 15) is 12.8 Å². The predicted molar refractivity (Wildman–Crippen MR) is 81.2 cm³/mol. The largest absolute Gasteiger partial charge is 0.399 e. The van der Waals surface area contributed by atoms with Crippen molar-refractivity contribution in [1.82, 2.24) is 4.98 Å². The SMILES string of the molecule is Nc1ccc(F)c(S(=O)(=O)Nc2nc3ccccc3s2)c1. The molecule has 21 heavy (non-hydrogen) atoms. The van der Waals surface area contributed by atoms with Gasteiger partial charge in [-0.05, 0) is 30.3 Å². The van der Waals surface area contributed by atoms with E-state index in [1.165, 1.54) is 17.4 Å². The molecule has 2 aromatic carbocycles. The first-order valence-electron chi connectivity index (χ1n) is 5.89. The highest BCUT2D eigenvalue weighted by atomic mass is 32.2. The van der Waals surface area contributed by atoms with E-state index in [1.54, 1.807) is 12.1 Å². The number of nitrogens with one attached hydrogen (secondary N) is 1. The topological polar surface area (TPSA) is 85.1 Å². The highest BCUT2D eigenvalue weighted by Gasteiger charge is 2.21. The summed E-state index contributed by atoms with van der Waals surface area (Å²) in [7, 11) is -4.07. The zero-order chi connectivity index (χ0) is 15.0. The van der Waals surface area contributed by atoms with Crippen LogP contribution in [0.15, 0.2) is 47.4 Å². The lowest BCUT2D eigenvalue weighted by molar-refractivity contribution is 0.570. The average Bonchev–Trinajstić information content (AvgIpc) is 2.82. The van der Waals surface area contributed by atoms with Gasteiger partial charge in [0.25, 0.3) is 10.0 Å². The van der Waals surface area contributed by atoms with Gasteiger partial charge < -0.3 is 5.73 Å². The lowest BCUT2D eigenvalue weighted by Crippen LogP contribution is -2.14. The highest BCUT2D eigenvalue weighted by molar-refractivity contribution is 7.93. The second-order valence-corrected chi connectivity index (χ2v) is 6.96. The molecule has 3 aromatic rings. The Kier molecular flexibility index (Phi) is 3.26. The normalized spacial score (nSPS) is 11.7.